The van der Waals surface area contributed by atoms with Gasteiger partial charge in [-0.1, -0.05) is 6.92 Å². The molecule has 2 unspecified atom stereocenters. The molecule has 2 atom stereocenters. The number of halogens is 1. The van der Waals surface area contributed by atoms with Gasteiger partial charge in [-0.15, -0.1) is 0 Å². The molecule has 18 heavy (non-hydrogen) atoms. The highest BCUT2D eigenvalue weighted by molar-refractivity contribution is 9.10. The monoisotopic (exact) mass is 315 g/mol. The lowest BCUT2D eigenvalue weighted by Gasteiger charge is -2.37. The molecule has 0 saturated heterocycles. The first-order valence-electron chi connectivity index (χ1n) is 6.68. The molecular weight excluding hydrogens is 294 g/mol. The van der Waals surface area contributed by atoms with Crippen molar-refractivity contribution >= 4 is 15.9 Å². The summed E-state index contributed by atoms with van der Waals surface area (Å²) in [4.78, 5) is 0. The first-order valence-corrected chi connectivity index (χ1v) is 7.48. The Morgan fingerprint density at radius 3 is 3.00 bits per heavy atom. The molecule has 0 amide bonds. The van der Waals surface area contributed by atoms with Crippen molar-refractivity contribution in [3.8, 4) is 0 Å². The van der Waals surface area contributed by atoms with Gasteiger partial charge in [0.25, 0.3) is 0 Å². The highest BCUT2D eigenvalue weighted by Gasteiger charge is 2.35. The summed E-state index contributed by atoms with van der Waals surface area (Å²) in [7, 11) is 1.73. The number of aromatic nitrogens is 2. The van der Waals surface area contributed by atoms with E-state index in [4.69, 9.17) is 4.74 Å². The minimum Gasteiger partial charge on any atom is -0.383 e. The molecule has 1 N–H and O–H groups in total. The lowest BCUT2D eigenvalue weighted by molar-refractivity contribution is 0.176. The Labute approximate surface area is 117 Å². The van der Waals surface area contributed by atoms with Crippen molar-refractivity contribution in [3.63, 3.8) is 0 Å². The topological polar surface area (TPSA) is 39.1 Å². The zero-order chi connectivity index (χ0) is 13.0. The zero-order valence-electron chi connectivity index (χ0n) is 11.2. The first kappa shape index (κ1) is 14.0. The predicted molar refractivity (Wildman–Crippen MR) is 75.8 cm³/mol. The molecular formula is C13H22BrN3O. The van der Waals surface area contributed by atoms with Crippen molar-refractivity contribution in [2.24, 2.45) is 5.92 Å². The maximum atomic E-state index is 5.14. The number of ether oxygens (including phenoxy) is 1. The molecule has 1 saturated carbocycles. The fourth-order valence-corrected chi connectivity index (χ4v) is 3.19. The van der Waals surface area contributed by atoms with E-state index in [-0.39, 0.29) is 0 Å². The summed E-state index contributed by atoms with van der Waals surface area (Å²) in [5.74, 6) is 1.39. The van der Waals surface area contributed by atoms with Crippen molar-refractivity contribution in [2.75, 3.05) is 26.8 Å². The van der Waals surface area contributed by atoms with E-state index in [1.807, 2.05) is 6.20 Å². The van der Waals surface area contributed by atoms with Crippen LogP contribution in [0.4, 0.5) is 0 Å². The van der Waals surface area contributed by atoms with Crippen LogP contribution in [0.15, 0.2) is 10.7 Å². The van der Waals surface area contributed by atoms with E-state index in [0.29, 0.717) is 12.5 Å². The van der Waals surface area contributed by atoms with Gasteiger partial charge in [-0.05, 0) is 47.8 Å². The minimum atomic E-state index is 0.637. The molecule has 0 spiro atoms. The van der Waals surface area contributed by atoms with E-state index in [2.05, 4.69) is 38.0 Å². The molecule has 0 aliphatic heterocycles. The van der Waals surface area contributed by atoms with Crippen LogP contribution in [0.2, 0.25) is 0 Å². The number of nitrogens with zero attached hydrogens (tertiary/aromatic N) is 2. The van der Waals surface area contributed by atoms with Gasteiger partial charge in [-0.25, -0.2) is 0 Å². The average molecular weight is 316 g/mol. The van der Waals surface area contributed by atoms with Crippen LogP contribution in [0.25, 0.3) is 0 Å². The van der Waals surface area contributed by atoms with Gasteiger partial charge in [0, 0.05) is 13.0 Å². The van der Waals surface area contributed by atoms with Gasteiger partial charge in [-0.3, -0.25) is 4.68 Å². The lowest BCUT2D eigenvalue weighted by Crippen LogP contribution is -2.35. The van der Waals surface area contributed by atoms with Crippen LogP contribution in [0, 0.1) is 5.92 Å². The Bertz CT molecular complexity index is 380. The number of methoxy groups -OCH3 is 1. The van der Waals surface area contributed by atoms with Gasteiger partial charge in [0.2, 0.25) is 0 Å². The first-order chi connectivity index (χ1) is 8.77. The molecule has 102 valence electrons. The third kappa shape index (κ3) is 2.95. The third-order valence-corrected chi connectivity index (χ3v) is 4.38. The second kappa shape index (κ2) is 6.68. The fourth-order valence-electron chi connectivity index (χ4n) is 2.60. The van der Waals surface area contributed by atoms with Crippen LogP contribution in [-0.4, -0.2) is 36.6 Å². The summed E-state index contributed by atoms with van der Waals surface area (Å²) < 4.78 is 8.38. The minimum absolute atomic E-state index is 0.637. The smallest absolute Gasteiger partial charge is 0.0658 e. The number of hydrogen-bond donors (Lipinski definition) is 1. The van der Waals surface area contributed by atoms with E-state index in [9.17, 15) is 0 Å². The van der Waals surface area contributed by atoms with Crippen LogP contribution in [-0.2, 0) is 11.3 Å². The summed E-state index contributed by atoms with van der Waals surface area (Å²) in [6.45, 7) is 5.87. The van der Waals surface area contributed by atoms with E-state index < -0.39 is 0 Å². The molecule has 0 radical (unpaired) electrons. The van der Waals surface area contributed by atoms with E-state index in [1.165, 1.54) is 18.5 Å². The van der Waals surface area contributed by atoms with Gasteiger partial charge in [0.05, 0.1) is 29.5 Å². The second-order valence-electron chi connectivity index (χ2n) is 4.85. The SMILES string of the molecule is CCNCC1CCC1c1c(Br)cnn1CCOC. The molecule has 1 fully saturated rings. The lowest BCUT2D eigenvalue weighted by atomic mass is 9.71. The van der Waals surface area contributed by atoms with Gasteiger partial charge >= 0.3 is 0 Å². The highest BCUT2D eigenvalue weighted by Crippen LogP contribution is 2.44. The Balaban J connectivity index is 2.04. The van der Waals surface area contributed by atoms with Gasteiger partial charge < -0.3 is 10.1 Å². The molecule has 4 nitrogen and oxygen atoms in total. The molecule has 1 aliphatic carbocycles. The van der Waals surface area contributed by atoms with E-state index in [0.717, 1.165) is 30.0 Å². The van der Waals surface area contributed by atoms with E-state index in [1.54, 1.807) is 7.11 Å². The van der Waals surface area contributed by atoms with Gasteiger partial charge in [0.15, 0.2) is 0 Å². The maximum Gasteiger partial charge on any atom is 0.0658 e. The van der Waals surface area contributed by atoms with Crippen LogP contribution in [0.1, 0.15) is 31.4 Å². The zero-order valence-corrected chi connectivity index (χ0v) is 12.7. The van der Waals surface area contributed by atoms with Crippen LogP contribution in [0.3, 0.4) is 0 Å². The summed E-state index contributed by atoms with van der Waals surface area (Å²) in [6.07, 6.45) is 4.50. The number of nitrogens with one attached hydrogen (secondary N) is 1. The second-order valence-corrected chi connectivity index (χ2v) is 5.70. The molecule has 1 aromatic rings. The largest absolute Gasteiger partial charge is 0.383 e. The summed E-state index contributed by atoms with van der Waals surface area (Å²) in [5.41, 5.74) is 1.35. The van der Waals surface area contributed by atoms with Crippen molar-refractivity contribution in [2.45, 2.75) is 32.2 Å². The summed E-state index contributed by atoms with van der Waals surface area (Å²) in [6, 6.07) is 0. The van der Waals surface area contributed by atoms with Crippen molar-refractivity contribution in [1.82, 2.24) is 15.1 Å². The standard InChI is InChI=1S/C13H22BrN3O/c1-3-15-8-10-4-5-11(10)13-12(14)9-16-17(13)6-7-18-2/h9-11,15H,3-8H2,1-2H3. The Hall–Kier alpha value is -0.390. The van der Waals surface area contributed by atoms with Crippen molar-refractivity contribution < 1.29 is 4.74 Å². The molecule has 0 bridgehead atoms. The number of hydrogen-bond acceptors (Lipinski definition) is 3. The average Bonchev–Trinajstić information content (AvgIpc) is 2.68. The number of rotatable bonds is 7. The predicted octanol–water partition coefficient (Wildman–Crippen LogP) is 2.40. The van der Waals surface area contributed by atoms with Gasteiger partial charge in [-0.2, -0.15) is 5.10 Å². The quantitative estimate of drug-likeness (QED) is 0.839. The van der Waals surface area contributed by atoms with Gasteiger partial charge in [0.1, 0.15) is 0 Å². The Kier molecular flexibility index (Phi) is 5.21. The molecule has 0 aromatic carbocycles. The highest BCUT2D eigenvalue weighted by atomic mass is 79.9. The van der Waals surface area contributed by atoms with Crippen LogP contribution < -0.4 is 5.32 Å². The third-order valence-electron chi connectivity index (χ3n) is 3.77. The van der Waals surface area contributed by atoms with Crippen molar-refractivity contribution in [3.05, 3.63) is 16.4 Å². The fraction of sp³-hybridized carbons (Fsp3) is 0.769. The van der Waals surface area contributed by atoms with Crippen LogP contribution >= 0.6 is 15.9 Å². The maximum absolute atomic E-state index is 5.14. The molecule has 1 heterocycles. The molecule has 1 aliphatic rings. The Morgan fingerprint density at radius 2 is 2.39 bits per heavy atom. The molecule has 2 rings (SSSR count). The molecule has 1 aromatic heterocycles. The van der Waals surface area contributed by atoms with Crippen LogP contribution in [0.5, 0.6) is 0 Å². The summed E-state index contributed by atoms with van der Waals surface area (Å²) in [5, 5.41) is 7.89. The Morgan fingerprint density at radius 1 is 1.56 bits per heavy atom. The summed E-state index contributed by atoms with van der Waals surface area (Å²) >= 11 is 3.64. The van der Waals surface area contributed by atoms with Crippen molar-refractivity contribution in [1.29, 1.82) is 0 Å². The molecule has 5 heteroatoms. The van der Waals surface area contributed by atoms with E-state index >= 15 is 0 Å². The normalized spacial score (nSPS) is 23.1.